The lowest BCUT2D eigenvalue weighted by Crippen LogP contribution is -2.10. The van der Waals surface area contributed by atoms with Crippen LogP contribution in [0.25, 0.3) is 131 Å². The average molecular weight is 765 g/mol. The second-order valence-electron chi connectivity index (χ2n) is 19.6. The van der Waals surface area contributed by atoms with Crippen LogP contribution in [-0.4, -0.2) is 0 Å². The summed E-state index contributed by atoms with van der Waals surface area (Å²) in [5, 5.41) is 21.2. The van der Waals surface area contributed by atoms with Crippen molar-refractivity contribution in [1.82, 2.24) is 0 Å². The molecule has 0 saturated heterocycles. The zero-order chi connectivity index (χ0) is 40.4. The minimum atomic E-state index is 0.0668. The van der Waals surface area contributed by atoms with E-state index in [1.807, 2.05) is 0 Å². The molecule has 0 atom stereocenters. The molecule has 0 heteroatoms. The van der Waals surface area contributed by atoms with Gasteiger partial charge in [0.1, 0.15) is 0 Å². The van der Waals surface area contributed by atoms with Crippen LogP contribution >= 0.6 is 0 Å². The summed E-state index contributed by atoms with van der Waals surface area (Å²) in [7, 11) is 0. The number of hydrogen-bond acceptors (Lipinski definition) is 0. The lowest BCUT2D eigenvalue weighted by molar-refractivity contribution is 0.591. The highest BCUT2D eigenvalue weighted by Crippen LogP contribution is 2.59. The predicted molar refractivity (Wildman–Crippen MR) is 262 cm³/mol. The Morgan fingerprint density at radius 2 is 0.617 bits per heavy atom. The Hall–Kier alpha value is -6.76. The molecular weight excluding hydrogens is 721 g/mol. The Bertz CT molecular complexity index is 3540. The highest BCUT2D eigenvalue weighted by Gasteiger charge is 2.32. The van der Waals surface area contributed by atoms with E-state index in [2.05, 4.69) is 199 Å². The van der Waals surface area contributed by atoms with Crippen LogP contribution in [0, 0.1) is 0 Å². The Kier molecular flexibility index (Phi) is 6.54. The molecule has 0 fully saturated rings. The van der Waals surface area contributed by atoms with Crippen molar-refractivity contribution in [2.45, 2.75) is 52.4 Å². The van der Waals surface area contributed by atoms with Crippen molar-refractivity contribution < 1.29 is 0 Å². The van der Waals surface area contributed by atoms with Gasteiger partial charge < -0.3 is 0 Å². The van der Waals surface area contributed by atoms with Crippen molar-refractivity contribution in [2.75, 3.05) is 0 Å². The van der Waals surface area contributed by atoms with Crippen molar-refractivity contribution in [3.8, 4) is 44.5 Å². The maximum absolute atomic E-state index is 2.42. The van der Waals surface area contributed by atoms with Gasteiger partial charge in [0.25, 0.3) is 0 Å². The van der Waals surface area contributed by atoms with Gasteiger partial charge in [0.05, 0.1) is 0 Å². The third-order valence-electron chi connectivity index (χ3n) is 14.1. The standard InChI is InChI=1S/C60H44/c1-59(2,3)40-29-36-19-17-34-21-25-46(44-27-23-38(31-40)50(36)53(34)44)55-42-13-7-8-14-43(42)56(58-49-16-10-12-33-11-9-15-48(52(33)49)57(55)58)47-26-22-35-18-20-37-30-41(60(4,5)6)32-39-24-28-45(47)54(35)51(37)39/h7-32H,1-6H3. The Labute approximate surface area is 350 Å². The van der Waals surface area contributed by atoms with E-state index in [9.17, 15) is 0 Å². The molecule has 0 unspecified atom stereocenters. The molecule has 0 saturated carbocycles. The van der Waals surface area contributed by atoms with Crippen molar-refractivity contribution in [3.05, 3.63) is 169 Å². The SMILES string of the molecule is CC(C)(C)c1cc2ccc3ccc(-c4c5c(c(-c6ccc7ccc8cc(C(C)(C)C)cc9ccc6c7c89)c6ccccc46)-c4cccc6cccc-5c46)c4ccc(c1)c2c34. The minimum absolute atomic E-state index is 0.0668. The van der Waals surface area contributed by atoms with Crippen molar-refractivity contribution in [1.29, 1.82) is 0 Å². The summed E-state index contributed by atoms with van der Waals surface area (Å²) in [6.45, 7) is 13.9. The van der Waals surface area contributed by atoms with E-state index < -0.39 is 0 Å². The smallest absolute Gasteiger partial charge is 0.000719 e. The molecule has 284 valence electrons. The van der Waals surface area contributed by atoms with Gasteiger partial charge in [0.2, 0.25) is 0 Å². The van der Waals surface area contributed by atoms with E-state index >= 15 is 0 Å². The number of fused-ring (bicyclic) bond motifs is 4. The Balaban J connectivity index is 1.18. The molecule has 0 aliphatic heterocycles. The summed E-state index contributed by atoms with van der Waals surface area (Å²) in [5.74, 6) is 0. The normalized spacial score (nSPS) is 13.2. The topological polar surface area (TPSA) is 0 Å². The Morgan fingerprint density at radius 1 is 0.250 bits per heavy atom. The molecule has 13 rings (SSSR count). The predicted octanol–water partition coefficient (Wildman–Crippen LogP) is 17.4. The van der Waals surface area contributed by atoms with Crippen LogP contribution < -0.4 is 0 Å². The first-order valence-electron chi connectivity index (χ1n) is 21.6. The molecule has 1 aliphatic rings. The quantitative estimate of drug-likeness (QED) is 0.154. The van der Waals surface area contributed by atoms with Crippen LogP contribution in [0.3, 0.4) is 0 Å². The molecule has 0 aromatic heterocycles. The Morgan fingerprint density at radius 3 is 1.03 bits per heavy atom. The molecule has 12 aromatic rings. The molecule has 0 bridgehead atoms. The fourth-order valence-corrected chi connectivity index (χ4v) is 11.2. The molecule has 12 aromatic carbocycles. The van der Waals surface area contributed by atoms with Crippen molar-refractivity contribution >= 4 is 86.2 Å². The molecule has 0 nitrogen and oxygen atoms in total. The van der Waals surface area contributed by atoms with E-state index in [0.29, 0.717) is 0 Å². The summed E-state index contributed by atoms with van der Waals surface area (Å²) in [6, 6.07) is 61.3. The first-order chi connectivity index (χ1) is 29.0. The molecule has 0 heterocycles. The van der Waals surface area contributed by atoms with E-state index in [4.69, 9.17) is 0 Å². The molecular formula is C60H44. The number of rotatable bonds is 2. The highest BCUT2D eigenvalue weighted by molar-refractivity contribution is 6.34. The molecule has 0 radical (unpaired) electrons. The molecule has 0 N–H and O–H groups in total. The summed E-state index contributed by atoms with van der Waals surface area (Å²) in [6.07, 6.45) is 0. The summed E-state index contributed by atoms with van der Waals surface area (Å²) in [4.78, 5) is 0. The van der Waals surface area contributed by atoms with Gasteiger partial charge in [-0.05, 0) is 153 Å². The van der Waals surface area contributed by atoms with E-state index in [1.165, 1.54) is 142 Å². The zero-order valence-corrected chi connectivity index (χ0v) is 35.0. The van der Waals surface area contributed by atoms with Crippen molar-refractivity contribution in [2.24, 2.45) is 0 Å². The lowest BCUT2D eigenvalue weighted by Gasteiger charge is -2.24. The average Bonchev–Trinajstić information content (AvgIpc) is 3.58. The monoisotopic (exact) mass is 764 g/mol. The minimum Gasteiger partial charge on any atom is -0.0616 e. The van der Waals surface area contributed by atoms with Crippen LogP contribution in [-0.2, 0) is 10.8 Å². The third-order valence-corrected chi connectivity index (χ3v) is 14.1. The fourth-order valence-electron chi connectivity index (χ4n) is 11.2. The third kappa shape index (κ3) is 4.46. The first kappa shape index (κ1) is 34.1. The molecule has 0 spiro atoms. The van der Waals surface area contributed by atoms with Crippen LogP contribution in [0.2, 0.25) is 0 Å². The van der Waals surface area contributed by atoms with Gasteiger partial charge in [-0.1, -0.05) is 199 Å². The van der Waals surface area contributed by atoms with Gasteiger partial charge in [-0.15, -0.1) is 0 Å². The van der Waals surface area contributed by atoms with Crippen LogP contribution in [0.4, 0.5) is 0 Å². The number of benzene rings is 12. The van der Waals surface area contributed by atoms with Gasteiger partial charge in [0, 0.05) is 0 Å². The summed E-state index contributed by atoms with van der Waals surface area (Å²) < 4.78 is 0. The van der Waals surface area contributed by atoms with Gasteiger partial charge in [-0.25, -0.2) is 0 Å². The largest absolute Gasteiger partial charge is 0.0616 e. The first-order valence-corrected chi connectivity index (χ1v) is 21.6. The maximum Gasteiger partial charge on any atom is -0.000719 e. The molecule has 60 heavy (non-hydrogen) atoms. The lowest BCUT2D eigenvalue weighted by atomic mass is 9.78. The van der Waals surface area contributed by atoms with Crippen molar-refractivity contribution in [3.63, 3.8) is 0 Å². The highest BCUT2D eigenvalue weighted by atomic mass is 14.3. The van der Waals surface area contributed by atoms with Crippen LogP contribution in [0.5, 0.6) is 0 Å². The molecule has 0 amide bonds. The summed E-state index contributed by atoms with van der Waals surface area (Å²) >= 11 is 0. The second-order valence-corrected chi connectivity index (χ2v) is 19.6. The van der Waals surface area contributed by atoms with Gasteiger partial charge in [-0.2, -0.15) is 0 Å². The summed E-state index contributed by atoms with van der Waals surface area (Å²) in [5.41, 5.74) is 13.5. The zero-order valence-electron chi connectivity index (χ0n) is 35.0. The van der Waals surface area contributed by atoms with Gasteiger partial charge >= 0.3 is 0 Å². The van der Waals surface area contributed by atoms with E-state index in [0.717, 1.165) is 0 Å². The van der Waals surface area contributed by atoms with E-state index in [-0.39, 0.29) is 10.8 Å². The number of hydrogen-bond donors (Lipinski definition) is 0. The molecule has 1 aliphatic carbocycles. The van der Waals surface area contributed by atoms with Gasteiger partial charge in [-0.3, -0.25) is 0 Å². The van der Waals surface area contributed by atoms with E-state index in [1.54, 1.807) is 0 Å². The fraction of sp³-hybridized carbons (Fsp3) is 0.133. The van der Waals surface area contributed by atoms with Crippen LogP contribution in [0.1, 0.15) is 52.7 Å². The second kappa shape index (κ2) is 11.5. The van der Waals surface area contributed by atoms with Crippen LogP contribution in [0.15, 0.2) is 158 Å². The van der Waals surface area contributed by atoms with Gasteiger partial charge in [0.15, 0.2) is 0 Å². The maximum atomic E-state index is 2.42.